The predicted octanol–water partition coefficient (Wildman–Crippen LogP) is 4.04. The van der Waals surface area contributed by atoms with E-state index in [1.54, 1.807) is 0 Å². The summed E-state index contributed by atoms with van der Waals surface area (Å²) in [5, 5.41) is 3.34. The lowest BCUT2D eigenvalue weighted by Gasteiger charge is -2.29. The summed E-state index contributed by atoms with van der Waals surface area (Å²) >= 11 is 0. The van der Waals surface area contributed by atoms with Crippen LogP contribution >= 0.6 is 0 Å². The molecule has 0 amide bonds. The third kappa shape index (κ3) is 5.15. The Bertz CT molecular complexity index is 419. The largest absolute Gasteiger partial charge is 0.468 e. The van der Waals surface area contributed by atoms with Crippen molar-refractivity contribution in [3.63, 3.8) is 0 Å². The first-order chi connectivity index (χ1) is 9.99. The topological polar surface area (TPSA) is 28.4 Å². The second-order valence-electron chi connectivity index (χ2n) is 7.47. The van der Waals surface area contributed by atoms with E-state index in [1.807, 2.05) is 6.26 Å². The molecule has 0 spiro atoms. The van der Waals surface area contributed by atoms with E-state index in [4.69, 9.17) is 4.42 Å². The molecule has 3 nitrogen and oxygen atoms in total. The van der Waals surface area contributed by atoms with Crippen LogP contribution in [0, 0.1) is 11.3 Å². The van der Waals surface area contributed by atoms with Gasteiger partial charge in [-0.1, -0.05) is 27.7 Å². The van der Waals surface area contributed by atoms with E-state index >= 15 is 0 Å². The molecule has 1 aliphatic heterocycles. The number of hydrogen-bond donors (Lipinski definition) is 1. The second kappa shape index (κ2) is 7.46. The average molecular weight is 292 g/mol. The molecular weight excluding hydrogens is 260 g/mol. The molecule has 2 rings (SSSR count). The van der Waals surface area contributed by atoms with E-state index in [2.05, 4.69) is 44.0 Å². The van der Waals surface area contributed by atoms with Crippen molar-refractivity contribution in [2.75, 3.05) is 19.6 Å². The maximum atomic E-state index is 5.72. The van der Waals surface area contributed by atoms with Crippen LogP contribution in [0.5, 0.6) is 0 Å². The molecule has 1 saturated heterocycles. The van der Waals surface area contributed by atoms with Gasteiger partial charge in [-0.3, -0.25) is 4.90 Å². The minimum absolute atomic E-state index is 0.444. The summed E-state index contributed by atoms with van der Waals surface area (Å²) in [6, 6.07) is 2.20. The maximum absolute atomic E-state index is 5.72. The molecular formula is C18H32N2O. The van der Waals surface area contributed by atoms with Gasteiger partial charge in [-0.2, -0.15) is 0 Å². The number of likely N-dealkylation sites (tertiary alicyclic amines) is 1. The summed E-state index contributed by atoms with van der Waals surface area (Å²) < 4.78 is 5.72. The Kier molecular flexibility index (Phi) is 5.88. The number of rotatable bonds is 5. The highest BCUT2D eigenvalue weighted by molar-refractivity contribution is 5.12. The van der Waals surface area contributed by atoms with Gasteiger partial charge in [0.2, 0.25) is 0 Å². The molecule has 0 aliphatic carbocycles. The number of furan rings is 1. The Balaban J connectivity index is 1.84. The van der Waals surface area contributed by atoms with Gasteiger partial charge in [0.15, 0.2) is 0 Å². The quantitative estimate of drug-likeness (QED) is 0.888. The zero-order valence-electron chi connectivity index (χ0n) is 14.2. The maximum Gasteiger partial charge on any atom is 0.118 e. The van der Waals surface area contributed by atoms with Crippen molar-refractivity contribution in [3.05, 3.63) is 23.7 Å². The van der Waals surface area contributed by atoms with Gasteiger partial charge in [-0.25, -0.2) is 0 Å². The molecule has 120 valence electrons. The van der Waals surface area contributed by atoms with Crippen LogP contribution in [0.3, 0.4) is 0 Å². The molecule has 1 N–H and O–H groups in total. The SMILES string of the molecule is CCNCc1coc(CN2CCCC(C(C)(C)C)CC2)c1. The van der Waals surface area contributed by atoms with Gasteiger partial charge >= 0.3 is 0 Å². The Morgan fingerprint density at radius 2 is 2.10 bits per heavy atom. The highest BCUT2D eigenvalue weighted by atomic mass is 16.3. The molecule has 0 aromatic carbocycles. The highest BCUT2D eigenvalue weighted by Crippen LogP contribution is 2.34. The third-order valence-electron chi connectivity index (χ3n) is 4.71. The molecule has 1 fully saturated rings. The van der Waals surface area contributed by atoms with Gasteiger partial charge in [-0.05, 0) is 56.3 Å². The van der Waals surface area contributed by atoms with Crippen LogP contribution in [0.2, 0.25) is 0 Å². The van der Waals surface area contributed by atoms with E-state index in [0.29, 0.717) is 5.41 Å². The normalized spacial score (nSPS) is 21.4. The van der Waals surface area contributed by atoms with Gasteiger partial charge < -0.3 is 9.73 Å². The van der Waals surface area contributed by atoms with E-state index in [-0.39, 0.29) is 0 Å². The smallest absolute Gasteiger partial charge is 0.118 e. The summed E-state index contributed by atoms with van der Waals surface area (Å²) in [7, 11) is 0. The van der Waals surface area contributed by atoms with Crippen molar-refractivity contribution in [1.82, 2.24) is 10.2 Å². The Hall–Kier alpha value is -0.800. The zero-order valence-corrected chi connectivity index (χ0v) is 14.2. The average Bonchev–Trinajstić information content (AvgIpc) is 2.71. The van der Waals surface area contributed by atoms with Crippen LogP contribution in [-0.4, -0.2) is 24.5 Å². The molecule has 2 heterocycles. The van der Waals surface area contributed by atoms with E-state index in [1.165, 1.54) is 37.9 Å². The highest BCUT2D eigenvalue weighted by Gasteiger charge is 2.27. The van der Waals surface area contributed by atoms with Crippen molar-refractivity contribution in [2.45, 2.75) is 60.0 Å². The fourth-order valence-electron chi connectivity index (χ4n) is 3.27. The fourth-order valence-corrected chi connectivity index (χ4v) is 3.27. The van der Waals surface area contributed by atoms with Crippen molar-refractivity contribution in [1.29, 1.82) is 0 Å². The van der Waals surface area contributed by atoms with Crippen LogP contribution in [0.1, 0.15) is 58.3 Å². The molecule has 0 radical (unpaired) electrons. The summed E-state index contributed by atoms with van der Waals surface area (Å²) in [6.07, 6.45) is 5.89. The molecule has 1 unspecified atom stereocenters. The predicted molar refractivity (Wildman–Crippen MR) is 88.2 cm³/mol. The molecule has 0 saturated carbocycles. The molecule has 3 heteroatoms. The molecule has 1 aliphatic rings. The third-order valence-corrected chi connectivity index (χ3v) is 4.71. The van der Waals surface area contributed by atoms with Gasteiger partial charge in [0.1, 0.15) is 5.76 Å². The summed E-state index contributed by atoms with van der Waals surface area (Å²) in [5.74, 6) is 1.96. The Morgan fingerprint density at radius 3 is 2.81 bits per heavy atom. The van der Waals surface area contributed by atoms with Gasteiger partial charge in [-0.15, -0.1) is 0 Å². The molecule has 1 aromatic heterocycles. The lowest BCUT2D eigenvalue weighted by molar-refractivity contribution is 0.203. The summed E-state index contributed by atoms with van der Waals surface area (Å²) in [5.41, 5.74) is 1.70. The fraction of sp³-hybridized carbons (Fsp3) is 0.778. The monoisotopic (exact) mass is 292 g/mol. The first-order valence-electron chi connectivity index (χ1n) is 8.48. The van der Waals surface area contributed by atoms with Crippen LogP contribution in [-0.2, 0) is 13.1 Å². The number of nitrogens with zero attached hydrogens (tertiary/aromatic N) is 1. The minimum Gasteiger partial charge on any atom is -0.468 e. The second-order valence-corrected chi connectivity index (χ2v) is 7.47. The van der Waals surface area contributed by atoms with Gasteiger partial charge in [0, 0.05) is 12.1 Å². The van der Waals surface area contributed by atoms with Crippen molar-refractivity contribution < 1.29 is 4.42 Å². The molecule has 1 aromatic rings. The minimum atomic E-state index is 0.444. The lowest BCUT2D eigenvalue weighted by atomic mass is 9.77. The van der Waals surface area contributed by atoms with Crippen LogP contribution in [0.4, 0.5) is 0 Å². The van der Waals surface area contributed by atoms with Crippen molar-refractivity contribution in [2.24, 2.45) is 11.3 Å². The van der Waals surface area contributed by atoms with E-state index in [9.17, 15) is 0 Å². The van der Waals surface area contributed by atoms with Crippen LogP contribution in [0.25, 0.3) is 0 Å². The first-order valence-corrected chi connectivity index (χ1v) is 8.48. The van der Waals surface area contributed by atoms with Gasteiger partial charge in [0.05, 0.1) is 12.8 Å². The van der Waals surface area contributed by atoms with Crippen molar-refractivity contribution in [3.8, 4) is 0 Å². The van der Waals surface area contributed by atoms with Crippen molar-refractivity contribution >= 4 is 0 Å². The zero-order chi connectivity index (χ0) is 15.3. The summed E-state index contributed by atoms with van der Waals surface area (Å²) in [4.78, 5) is 2.56. The van der Waals surface area contributed by atoms with Gasteiger partial charge in [0.25, 0.3) is 0 Å². The Morgan fingerprint density at radius 1 is 1.29 bits per heavy atom. The van der Waals surface area contributed by atoms with Crippen LogP contribution < -0.4 is 5.32 Å². The standard InChI is InChI=1S/C18H32N2O/c1-5-19-12-15-11-17(21-14-15)13-20-9-6-7-16(8-10-20)18(2,3)4/h11,14,16,19H,5-10,12-13H2,1-4H3. The van der Waals surface area contributed by atoms with Crippen LogP contribution in [0.15, 0.2) is 16.7 Å². The summed E-state index contributed by atoms with van der Waals surface area (Å²) in [6.45, 7) is 14.5. The number of nitrogens with one attached hydrogen (secondary N) is 1. The number of hydrogen-bond acceptors (Lipinski definition) is 3. The van der Waals surface area contributed by atoms with E-state index in [0.717, 1.165) is 31.3 Å². The Labute approximate surface area is 130 Å². The molecule has 21 heavy (non-hydrogen) atoms. The molecule has 0 bridgehead atoms. The molecule has 1 atom stereocenters. The van der Waals surface area contributed by atoms with E-state index < -0.39 is 0 Å². The lowest BCUT2D eigenvalue weighted by Crippen LogP contribution is -2.25. The first kappa shape index (κ1) is 16.6.